The number of anilines is 1. The second-order valence-corrected chi connectivity index (χ2v) is 6.22. The van der Waals surface area contributed by atoms with Crippen molar-refractivity contribution in [2.45, 2.75) is 45.4 Å². The van der Waals surface area contributed by atoms with Crippen molar-refractivity contribution in [2.75, 3.05) is 25.0 Å². The number of hydrogen-bond acceptors (Lipinski definition) is 5. The number of aryl methyl sites for hydroxylation is 2. The van der Waals surface area contributed by atoms with Gasteiger partial charge in [-0.25, -0.2) is 9.97 Å². The summed E-state index contributed by atoms with van der Waals surface area (Å²) in [5.41, 5.74) is 3.71. The van der Waals surface area contributed by atoms with E-state index in [2.05, 4.69) is 34.7 Å². The third kappa shape index (κ3) is 6.38. The molecule has 0 amide bonds. The average molecular weight is 398 g/mol. The molecule has 2 aromatic rings. The van der Waals surface area contributed by atoms with Crippen LogP contribution in [0.1, 0.15) is 42.5 Å². The Labute approximate surface area is 168 Å². The fourth-order valence-electron chi connectivity index (χ4n) is 3.08. The van der Waals surface area contributed by atoms with E-state index in [1.165, 1.54) is 17.0 Å². The van der Waals surface area contributed by atoms with Crippen molar-refractivity contribution in [1.29, 1.82) is 0 Å². The molecule has 5 nitrogen and oxygen atoms in total. The van der Waals surface area contributed by atoms with Crippen molar-refractivity contribution >= 4 is 30.6 Å². The van der Waals surface area contributed by atoms with Crippen molar-refractivity contribution < 1.29 is 0 Å². The Kier molecular flexibility index (Phi) is 10.5. The summed E-state index contributed by atoms with van der Waals surface area (Å²) in [6, 6.07) is 6.11. The van der Waals surface area contributed by atoms with E-state index >= 15 is 0 Å². The normalized spacial score (nSPS) is 13.0. The topological polar surface area (TPSA) is 62.7 Å². The van der Waals surface area contributed by atoms with Crippen LogP contribution < -0.4 is 10.6 Å². The molecule has 0 unspecified atom stereocenters. The predicted molar refractivity (Wildman–Crippen MR) is 112 cm³/mol. The Hall–Kier alpha value is -1.43. The van der Waals surface area contributed by atoms with Crippen molar-refractivity contribution in [3.8, 4) is 0 Å². The zero-order valence-electron chi connectivity index (χ0n) is 15.3. The molecular formula is C19H29Cl2N5. The van der Waals surface area contributed by atoms with E-state index in [4.69, 9.17) is 9.97 Å². The Morgan fingerprint density at radius 3 is 2.69 bits per heavy atom. The summed E-state index contributed by atoms with van der Waals surface area (Å²) in [7, 11) is 0. The van der Waals surface area contributed by atoms with Gasteiger partial charge < -0.3 is 10.6 Å². The molecule has 26 heavy (non-hydrogen) atoms. The minimum Gasteiger partial charge on any atom is -0.370 e. The number of unbranched alkanes of at least 4 members (excludes halogenated alkanes) is 1. The first-order chi connectivity index (χ1) is 11.9. The molecule has 0 spiro atoms. The van der Waals surface area contributed by atoms with Crippen LogP contribution >= 0.6 is 24.8 Å². The lowest BCUT2D eigenvalue weighted by molar-refractivity contribution is 0.707. The molecule has 3 heterocycles. The van der Waals surface area contributed by atoms with Gasteiger partial charge in [-0.1, -0.05) is 13.0 Å². The molecule has 2 N–H and O–H groups in total. The molecule has 0 saturated carbocycles. The molecule has 3 rings (SSSR count). The SMILES string of the molecule is CCc1nc2c(c(NCCCCc3ccccn3)n1)CCNCC2.Cl.Cl. The lowest BCUT2D eigenvalue weighted by atomic mass is 10.1. The van der Waals surface area contributed by atoms with Gasteiger partial charge in [-0.3, -0.25) is 4.98 Å². The first-order valence-corrected chi connectivity index (χ1v) is 9.10. The Balaban J connectivity index is 0.00000169. The minimum atomic E-state index is 0. The molecule has 2 aromatic heterocycles. The Bertz CT molecular complexity index is 652. The molecule has 0 bridgehead atoms. The van der Waals surface area contributed by atoms with Gasteiger partial charge in [-0.2, -0.15) is 0 Å². The van der Waals surface area contributed by atoms with Crippen molar-refractivity contribution in [3.63, 3.8) is 0 Å². The van der Waals surface area contributed by atoms with Gasteiger partial charge in [0.15, 0.2) is 0 Å². The molecule has 1 aliphatic rings. The maximum atomic E-state index is 4.74. The van der Waals surface area contributed by atoms with Crippen molar-refractivity contribution in [1.82, 2.24) is 20.3 Å². The molecular weight excluding hydrogens is 369 g/mol. The van der Waals surface area contributed by atoms with E-state index in [0.29, 0.717) is 0 Å². The molecule has 0 aliphatic carbocycles. The van der Waals surface area contributed by atoms with Crippen molar-refractivity contribution in [3.05, 3.63) is 47.2 Å². The van der Waals surface area contributed by atoms with Gasteiger partial charge in [0.1, 0.15) is 11.6 Å². The summed E-state index contributed by atoms with van der Waals surface area (Å²) in [4.78, 5) is 13.9. The fourth-order valence-corrected chi connectivity index (χ4v) is 3.08. The zero-order chi connectivity index (χ0) is 16.6. The Morgan fingerprint density at radius 1 is 1.08 bits per heavy atom. The summed E-state index contributed by atoms with van der Waals surface area (Å²) >= 11 is 0. The van der Waals surface area contributed by atoms with Crippen LogP contribution in [0, 0.1) is 0 Å². The standard InChI is InChI=1S/C19H27N5.2ClH/c1-2-18-23-17-10-14-20-13-9-16(17)19(24-18)22-12-6-4-8-15-7-3-5-11-21-15;;/h3,5,7,11,20H,2,4,6,8-10,12-14H2,1H3,(H,22,23,24);2*1H. The highest BCUT2D eigenvalue weighted by molar-refractivity contribution is 5.85. The van der Waals surface area contributed by atoms with Crippen LogP contribution in [0.15, 0.2) is 24.4 Å². The first-order valence-electron chi connectivity index (χ1n) is 9.10. The predicted octanol–water partition coefficient (Wildman–Crippen LogP) is 3.40. The minimum absolute atomic E-state index is 0. The quantitative estimate of drug-likeness (QED) is 0.700. The highest BCUT2D eigenvalue weighted by Gasteiger charge is 2.15. The summed E-state index contributed by atoms with van der Waals surface area (Å²) in [6.45, 7) is 5.09. The highest BCUT2D eigenvalue weighted by atomic mass is 35.5. The number of fused-ring (bicyclic) bond motifs is 1. The van der Waals surface area contributed by atoms with Gasteiger partial charge in [0.05, 0.1) is 5.69 Å². The zero-order valence-corrected chi connectivity index (χ0v) is 17.0. The number of nitrogens with one attached hydrogen (secondary N) is 2. The fraction of sp³-hybridized carbons (Fsp3) is 0.526. The molecule has 0 radical (unpaired) electrons. The van der Waals surface area contributed by atoms with Crippen LogP contribution in [0.4, 0.5) is 5.82 Å². The maximum Gasteiger partial charge on any atom is 0.133 e. The maximum absolute atomic E-state index is 4.74. The first kappa shape index (κ1) is 22.6. The van der Waals surface area contributed by atoms with E-state index in [1.807, 2.05) is 12.3 Å². The van der Waals surface area contributed by atoms with E-state index in [1.54, 1.807) is 0 Å². The van der Waals surface area contributed by atoms with Crippen LogP contribution in [0.2, 0.25) is 0 Å². The second-order valence-electron chi connectivity index (χ2n) is 6.22. The van der Waals surface area contributed by atoms with Gasteiger partial charge in [0.25, 0.3) is 0 Å². The second kappa shape index (κ2) is 12.0. The average Bonchev–Trinajstić information content (AvgIpc) is 2.87. The Morgan fingerprint density at radius 2 is 1.92 bits per heavy atom. The molecule has 0 aromatic carbocycles. The van der Waals surface area contributed by atoms with E-state index < -0.39 is 0 Å². The third-order valence-electron chi connectivity index (χ3n) is 4.42. The monoisotopic (exact) mass is 397 g/mol. The van der Waals surface area contributed by atoms with Gasteiger partial charge in [-0.15, -0.1) is 24.8 Å². The lowest BCUT2D eigenvalue weighted by Gasteiger charge is -2.14. The summed E-state index contributed by atoms with van der Waals surface area (Å²) in [5.74, 6) is 2.00. The van der Waals surface area contributed by atoms with Crippen molar-refractivity contribution in [2.24, 2.45) is 0 Å². The van der Waals surface area contributed by atoms with Crippen LogP contribution in [-0.2, 0) is 25.7 Å². The molecule has 144 valence electrons. The largest absolute Gasteiger partial charge is 0.370 e. The van der Waals surface area contributed by atoms with E-state index in [0.717, 1.165) is 69.8 Å². The number of aromatic nitrogens is 3. The highest BCUT2D eigenvalue weighted by Crippen LogP contribution is 2.20. The summed E-state index contributed by atoms with van der Waals surface area (Å²) in [5, 5.41) is 7.01. The van der Waals surface area contributed by atoms with Crippen LogP contribution in [-0.4, -0.2) is 34.6 Å². The lowest BCUT2D eigenvalue weighted by Crippen LogP contribution is -2.16. The van der Waals surface area contributed by atoms with Gasteiger partial charge in [-0.05, 0) is 44.4 Å². The number of nitrogens with zero attached hydrogens (tertiary/aromatic N) is 3. The van der Waals surface area contributed by atoms with Crippen LogP contribution in [0.25, 0.3) is 0 Å². The summed E-state index contributed by atoms with van der Waals surface area (Å²) < 4.78 is 0. The van der Waals surface area contributed by atoms with Gasteiger partial charge in [0.2, 0.25) is 0 Å². The molecule has 0 saturated heterocycles. The van der Waals surface area contributed by atoms with Gasteiger partial charge >= 0.3 is 0 Å². The summed E-state index contributed by atoms with van der Waals surface area (Å²) in [6.07, 6.45) is 8.05. The van der Waals surface area contributed by atoms with Crippen LogP contribution in [0.5, 0.6) is 0 Å². The van der Waals surface area contributed by atoms with Gasteiger partial charge in [0, 0.05) is 43.4 Å². The number of pyridine rings is 1. The molecule has 0 fully saturated rings. The molecule has 0 atom stereocenters. The number of halogens is 2. The van der Waals surface area contributed by atoms with E-state index in [-0.39, 0.29) is 24.8 Å². The smallest absolute Gasteiger partial charge is 0.133 e. The van der Waals surface area contributed by atoms with E-state index in [9.17, 15) is 0 Å². The molecule has 1 aliphatic heterocycles. The number of rotatable bonds is 7. The molecule has 7 heteroatoms. The van der Waals surface area contributed by atoms with Crippen LogP contribution in [0.3, 0.4) is 0 Å². The number of hydrogen-bond donors (Lipinski definition) is 2. The third-order valence-corrected chi connectivity index (χ3v) is 4.42.